The van der Waals surface area contributed by atoms with Crippen molar-refractivity contribution in [2.75, 3.05) is 5.32 Å². The molecule has 0 radical (unpaired) electrons. The fourth-order valence-electron chi connectivity index (χ4n) is 1.69. The summed E-state index contributed by atoms with van der Waals surface area (Å²) in [6.07, 6.45) is 0.727. The minimum Gasteiger partial charge on any atom is -0.444 e. The van der Waals surface area contributed by atoms with Gasteiger partial charge in [-0.3, -0.25) is 5.32 Å². The summed E-state index contributed by atoms with van der Waals surface area (Å²) in [5.74, 6) is 0. The fourth-order valence-corrected chi connectivity index (χ4v) is 1.69. The Balaban J connectivity index is 2.97. The zero-order valence-corrected chi connectivity index (χ0v) is 11.5. The van der Waals surface area contributed by atoms with Crippen molar-refractivity contribution in [1.82, 2.24) is 0 Å². The molecule has 1 aromatic carbocycles. The average Bonchev–Trinajstić information content (AvgIpc) is 2.18. The lowest BCUT2D eigenvalue weighted by atomic mass is 10.0. The summed E-state index contributed by atoms with van der Waals surface area (Å²) in [7, 11) is 0. The number of amides is 1. The van der Waals surface area contributed by atoms with Crippen molar-refractivity contribution in [1.29, 1.82) is 5.41 Å². The van der Waals surface area contributed by atoms with Crippen molar-refractivity contribution in [2.45, 2.75) is 40.2 Å². The van der Waals surface area contributed by atoms with Gasteiger partial charge < -0.3 is 10.1 Å². The summed E-state index contributed by atoms with van der Waals surface area (Å²) >= 11 is 0. The van der Waals surface area contributed by atoms with Crippen LogP contribution >= 0.6 is 0 Å². The third-order valence-electron chi connectivity index (χ3n) is 2.29. The Hall–Kier alpha value is -1.84. The molecule has 0 aliphatic rings. The minimum absolute atomic E-state index is 0.502. The van der Waals surface area contributed by atoms with Crippen molar-refractivity contribution in [3.8, 4) is 0 Å². The SMILES string of the molecule is Cc1cc(C)c(NC(=O)OC(C)(C)C)c(C=N)c1. The molecule has 0 saturated carbocycles. The second-order valence-corrected chi connectivity index (χ2v) is 5.32. The summed E-state index contributed by atoms with van der Waals surface area (Å²) < 4.78 is 5.20. The first-order valence-electron chi connectivity index (χ1n) is 5.84. The first-order valence-corrected chi connectivity index (χ1v) is 5.84. The molecule has 2 N–H and O–H groups in total. The molecule has 0 aromatic heterocycles. The topological polar surface area (TPSA) is 62.2 Å². The summed E-state index contributed by atoms with van der Waals surface area (Å²) in [5.41, 5.74) is 2.75. The second kappa shape index (κ2) is 5.21. The molecule has 0 saturated heterocycles. The van der Waals surface area contributed by atoms with Gasteiger partial charge >= 0.3 is 6.09 Å². The first-order chi connectivity index (χ1) is 8.23. The molecule has 0 fully saturated rings. The molecule has 0 atom stereocenters. The molecule has 4 heteroatoms. The molecule has 1 rings (SSSR count). The molecule has 0 bridgehead atoms. The lowest BCUT2D eigenvalue weighted by Gasteiger charge is -2.21. The number of nitrogens with one attached hydrogen (secondary N) is 2. The first kappa shape index (κ1) is 14.2. The van der Waals surface area contributed by atoms with Crippen LogP contribution in [0.1, 0.15) is 37.5 Å². The highest BCUT2D eigenvalue weighted by molar-refractivity contribution is 5.95. The third kappa shape index (κ3) is 3.87. The van der Waals surface area contributed by atoms with Gasteiger partial charge in [0.15, 0.2) is 0 Å². The molecule has 0 aliphatic carbocycles. The average molecular weight is 248 g/mol. The van der Waals surface area contributed by atoms with Crippen LogP contribution in [0, 0.1) is 19.3 Å². The number of carbonyl (C=O) groups excluding carboxylic acids is 1. The van der Waals surface area contributed by atoms with E-state index in [1.165, 1.54) is 6.21 Å². The maximum Gasteiger partial charge on any atom is 0.412 e. The van der Waals surface area contributed by atoms with Crippen LogP contribution in [0.4, 0.5) is 10.5 Å². The molecular weight excluding hydrogens is 228 g/mol. The lowest BCUT2D eigenvalue weighted by molar-refractivity contribution is 0.0636. The maximum absolute atomic E-state index is 11.7. The molecule has 1 amide bonds. The van der Waals surface area contributed by atoms with Crippen LogP contribution in [0.3, 0.4) is 0 Å². The van der Waals surface area contributed by atoms with Crippen LogP contribution in [0.25, 0.3) is 0 Å². The molecule has 18 heavy (non-hydrogen) atoms. The van der Waals surface area contributed by atoms with Gasteiger partial charge in [-0.25, -0.2) is 4.79 Å². The molecule has 4 nitrogen and oxygen atoms in total. The fraction of sp³-hybridized carbons (Fsp3) is 0.429. The molecule has 0 heterocycles. The Bertz CT molecular complexity index is 473. The zero-order chi connectivity index (χ0) is 13.9. The number of ether oxygens (including phenoxy) is 1. The van der Waals surface area contributed by atoms with Crippen molar-refractivity contribution in [3.05, 3.63) is 28.8 Å². The van der Waals surface area contributed by atoms with Gasteiger partial charge in [0.1, 0.15) is 5.60 Å². The van der Waals surface area contributed by atoms with E-state index in [9.17, 15) is 4.79 Å². The summed E-state index contributed by atoms with van der Waals surface area (Å²) in [4.78, 5) is 11.7. The minimum atomic E-state index is -0.534. The van der Waals surface area contributed by atoms with Gasteiger partial charge in [-0.05, 0) is 46.2 Å². The van der Waals surface area contributed by atoms with Crippen LogP contribution in [0.5, 0.6) is 0 Å². The summed E-state index contributed by atoms with van der Waals surface area (Å²) in [6, 6.07) is 3.81. The lowest BCUT2D eigenvalue weighted by Crippen LogP contribution is -2.27. The van der Waals surface area contributed by atoms with Crippen LogP contribution in [-0.2, 0) is 4.74 Å². The largest absolute Gasteiger partial charge is 0.444 e. The number of benzene rings is 1. The Morgan fingerprint density at radius 3 is 2.44 bits per heavy atom. The molecule has 1 aromatic rings. The van der Waals surface area contributed by atoms with Crippen LogP contribution in [0.15, 0.2) is 12.1 Å². The summed E-state index contributed by atoms with van der Waals surface area (Å²) in [6.45, 7) is 9.29. The highest BCUT2D eigenvalue weighted by Crippen LogP contribution is 2.22. The Morgan fingerprint density at radius 1 is 1.33 bits per heavy atom. The number of carbonyl (C=O) groups is 1. The third-order valence-corrected chi connectivity index (χ3v) is 2.29. The number of hydrogen-bond donors (Lipinski definition) is 2. The predicted octanol–water partition coefficient (Wildman–Crippen LogP) is 3.65. The molecule has 0 unspecified atom stereocenters. The maximum atomic E-state index is 11.7. The smallest absolute Gasteiger partial charge is 0.412 e. The van der Waals surface area contributed by atoms with Crippen LogP contribution in [0.2, 0.25) is 0 Å². The molecule has 0 aliphatic heterocycles. The standard InChI is InChI=1S/C14H20N2O2/c1-9-6-10(2)12(11(7-9)8-15)16-13(17)18-14(3,4)5/h6-8,15H,1-5H3,(H,16,17). The zero-order valence-electron chi connectivity index (χ0n) is 11.5. The monoisotopic (exact) mass is 248 g/mol. The van der Waals surface area contributed by atoms with Gasteiger partial charge in [-0.1, -0.05) is 11.6 Å². The Labute approximate surface area is 108 Å². The number of aryl methyl sites for hydroxylation is 2. The number of rotatable bonds is 2. The highest BCUT2D eigenvalue weighted by Gasteiger charge is 2.17. The van der Waals surface area contributed by atoms with Crippen molar-refractivity contribution < 1.29 is 9.53 Å². The highest BCUT2D eigenvalue weighted by atomic mass is 16.6. The molecule has 0 spiro atoms. The number of hydrogen-bond acceptors (Lipinski definition) is 3. The van der Waals surface area contributed by atoms with E-state index in [1.807, 2.05) is 46.8 Å². The number of anilines is 1. The predicted molar refractivity (Wildman–Crippen MR) is 73.7 cm³/mol. The Kier molecular flexibility index (Phi) is 4.11. The van der Waals surface area contributed by atoms with E-state index in [1.54, 1.807) is 0 Å². The van der Waals surface area contributed by atoms with E-state index >= 15 is 0 Å². The van der Waals surface area contributed by atoms with Gasteiger partial charge in [0.2, 0.25) is 0 Å². The van der Waals surface area contributed by atoms with Gasteiger partial charge in [-0.2, -0.15) is 0 Å². The van der Waals surface area contributed by atoms with E-state index < -0.39 is 11.7 Å². The van der Waals surface area contributed by atoms with Crippen molar-refractivity contribution in [3.63, 3.8) is 0 Å². The quantitative estimate of drug-likeness (QED) is 0.785. The van der Waals surface area contributed by atoms with Gasteiger partial charge in [0, 0.05) is 11.8 Å². The molecular formula is C14H20N2O2. The normalized spacial score (nSPS) is 10.9. The molecule has 98 valence electrons. The van der Waals surface area contributed by atoms with E-state index in [-0.39, 0.29) is 0 Å². The van der Waals surface area contributed by atoms with E-state index in [4.69, 9.17) is 10.1 Å². The van der Waals surface area contributed by atoms with Gasteiger partial charge in [-0.15, -0.1) is 0 Å². The summed E-state index contributed by atoms with van der Waals surface area (Å²) in [5, 5.41) is 10.1. The van der Waals surface area contributed by atoms with E-state index in [0.717, 1.165) is 11.1 Å². The second-order valence-electron chi connectivity index (χ2n) is 5.32. The Morgan fingerprint density at radius 2 is 1.94 bits per heavy atom. The van der Waals surface area contributed by atoms with Crippen LogP contribution < -0.4 is 5.32 Å². The van der Waals surface area contributed by atoms with Crippen LogP contribution in [-0.4, -0.2) is 17.9 Å². The van der Waals surface area contributed by atoms with Crippen molar-refractivity contribution >= 4 is 18.0 Å². The van der Waals surface area contributed by atoms with E-state index in [0.29, 0.717) is 11.3 Å². The van der Waals surface area contributed by atoms with Gasteiger partial charge in [0.25, 0.3) is 0 Å². The van der Waals surface area contributed by atoms with Crippen molar-refractivity contribution in [2.24, 2.45) is 0 Å². The van der Waals surface area contributed by atoms with Gasteiger partial charge in [0.05, 0.1) is 5.69 Å². The van der Waals surface area contributed by atoms with E-state index in [2.05, 4.69) is 5.32 Å².